The lowest BCUT2D eigenvalue weighted by Crippen LogP contribution is -2.49. The van der Waals surface area contributed by atoms with Crippen molar-refractivity contribution in [2.75, 3.05) is 13.7 Å². The van der Waals surface area contributed by atoms with Crippen LogP contribution in [0.4, 0.5) is 0 Å². The van der Waals surface area contributed by atoms with Gasteiger partial charge in [-0.1, -0.05) is 62.2 Å². The summed E-state index contributed by atoms with van der Waals surface area (Å²) in [5.41, 5.74) is 1.88. The van der Waals surface area contributed by atoms with Crippen LogP contribution in [0.5, 0.6) is 5.75 Å². The van der Waals surface area contributed by atoms with Crippen LogP contribution in [0.2, 0.25) is 5.02 Å². The number of benzene rings is 2. The van der Waals surface area contributed by atoms with Crippen LogP contribution in [0.1, 0.15) is 50.7 Å². The lowest BCUT2D eigenvalue weighted by atomic mass is 10.1. The molecule has 0 saturated carbocycles. The highest BCUT2D eigenvalue weighted by Crippen LogP contribution is 2.20. The molecule has 1 atom stereocenters. The highest BCUT2D eigenvalue weighted by atomic mass is 35.5. The Kier molecular flexibility index (Phi) is 10.4. The average Bonchev–Trinajstić information content (AvgIpc) is 2.78. The largest absolute Gasteiger partial charge is 0.497 e. The van der Waals surface area contributed by atoms with E-state index in [-0.39, 0.29) is 11.8 Å². The Balaban J connectivity index is 2.18. The van der Waals surface area contributed by atoms with Crippen LogP contribution < -0.4 is 10.1 Å². The second-order valence-corrected chi connectivity index (χ2v) is 7.94. The number of unbranched alkanes of at least 4 members (excludes halogenated alkanes) is 1. The number of methoxy groups -OCH3 is 1. The Morgan fingerprint density at radius 2 is 1.81 bits per heavy atom. The number of rotatable bonds is 12. The van der Waals surface area contributed by atoms with Crippen molar-refractivity contribution in [1.82, 2.24) is 10.2 Å². The molecule has 0 aliphatic carbocycles. The summed E-state index contributed by atoms with van der Waals surface area (Å²) in [6, 6.07) is 14.6. The van der Waals surface area contributed by atoms with Crippen LogP contribution in [-0.2, 0) is 22.6 Å². The van der Waals surface area contributed by atoms with E-state index in [1.807, 2.05) is 55.5 Å². The molecule has 6 heteroatoms. The van der Waals surface area contributed by atoms with Gasteiger partial charge in [-0.15, -0.1) is 0 Å². The molecule has 0 spiro atoms. The summed E-state index contributed by atoms with van der Waals surface area (Å²) in [5, 5.41) is 3.64. The highest BCUT2D eigenvalue weighted by Gasteiger charge is 2.28. The molecule has 0 fully saturated rings. The molecule has 2 aromatic carbocycles. The van der Waals surface area contributed by atoms with Crippen LogP contribution in [0.3, 0.4) is 0 Å². The van der Waals surface area contributed by atoms with Crippen molar-refractivity contribution in [3.05, 3.63) is 64.7 Å². The molecule has 0 aliphatic rings. The topological polar surface area (TPSA) is 58.6 Å². The maximum atomic E-state index is 13.3. The Morgan fingerprint density at radius 1 is 1.10 bits per heavy atom. The fourth-order valence-electron chi connectivity index (χ4n) is 3.44. The Morgan fingerprint density at radius 3 is 2.42 bits per heavy atom. The van der Waals surface area contributed by atoms with Gasteiger partial charge in [0.05, 0.1) is 7.11 Å². The number of hydrogen-bond donors (Lipinski definition) is 1. The zero-order chi connectivity index (χ0) is 22.6. The maximum Gasteiger partial charge on any atom is 0.242 e. The molecular weight excluding hydrogens is 412 g/mol. The molecule has 2 amide bonds. The highest BCUT2D eigenvalue weighted by molar-refractivity contribution is 6.31. The third kappa shape index (κ3) is 7.59. The Labute approximate surface area is 190 Å². The third-order valence-corrected chi connectivity index (χ3v) is 5.66. The van der Waals surface area contributed by atoms with E-state index in [1.54, 1.807) is 12.0 Å². The van der Waals surface area contributed by atoms with E-state index in [0.717, 1.165) is 29.7 Å². The van der Waals surface area contributed by atoms with Crippen molar-refractivity contribution in [2.24, 2.45) is 0 Å². The minimum Gasteiger partial charge on any atom is -0.497 e. The summed E-state index contributed by atoms with van der Waals surface area (Å²) in [5.74, 6) is 0.591. The normalized spacial score (nSPS) is 11.6. The zero-order valence-electron chi connectivity index (χ0n) is 18.7. The first-order valence-electron chi connectivity index (χ1n) is 10.9. The quantitative estimate of drug-likeness (QED) is 0.468. The van der Waals surface area contributed by atoms with E-state index < -0.39 is 6.04 Å². The molecule has 168 valence electrons. The summed E-state index contributed by atoms with van der Waals surface area (Å²) >= 11 is 6.26. The number of amides is 2. The monoisotopic (exact) mass is 444 g/mol. The number of carbonyl (C=O) groups excluding carboxylic acids is 2. The average molecular weight is 445 g/mol. The second kappa shape index (κ2) is 13.0. The van der Waals surface area contributed by atoms with Crippen molar-refractivity contribution in [2.45, 2.75) is 58.5 Å². The first kappa shape index (κ1) is 24.7. The van der Waals surface area contributed by atoms with Gasteiger partial charge in [0.25, 0.3) is 0 Å². The number of aryl methyl sites for hydroxylation is 1. The number of carbonyl (C=O) groups is 2. The minimum atomic E-state index is -0.516. The van der Waals surface area contributed by atoms with Crippen LogP contribution in [-0.4, -0.2) is 36.4 Å². The van der Waals surface area contributed by atoms with Crippen molar-refractivity contribution in [3.63, 3.8) is 0 Å². The second-order valence-electron chi connectivity index (χ2n) is 7.53. The zero-order valence-corrected chi connectivity index (χ0v) is 19.5. The lowest BCUT2D eigenvalue weighted by molar-refractivity contribution is -0.141. The van der Waals surface area contributed by atoms with Gasteiger partial charge in [-0.05, 0) is 48.6 Å². The predicted octanol–water partition coefficient (Wildman–Crippen LogP) is 5.00. The van der Waals surface area contributed by atoms with E-state index in [9.17, 15) is 9.59 Å². The fraction of sp³-hybridized carbons (Fsp3) is 0.440. The molecule has 0 saturated heterocycles. The van der Waals surface area contributed by atoms with Crippen LogP contribution >= 0.6 is 11.6 Å². The molecule has 0 aromatic heterocycles. The van der Waals surface area contributed by atoms with Crippen molar-refractivity contribution < 1.29 is 14.3 Å². The van der Waals surface area contributed by atoms with E-state index in [4.69, 9.17) is 16.3 Å². The van der Waals surface area contributed by atoms with Gasteiger partial charge < -0.3 is 15.0 Å². The van der Waals surface area contributed by atoms with Crippen molar-refractivity contribution in [3.8, 4) is 5.75 Å². The number of ether oxygens (including phenoxy) is 1. The number of hydrogen-bond acceptors (Lipinski definition) is 3. The first-order valence-corrected chi connectivity index (χ1v) is 11.3. The molecule has 0 aliphatic heterocycles. The first-order chi connectivity index (χ1) is 15.0. The summed E-state index contributed by atoms with van der Waals surface area (Å²) in [6.07, 6.45) is 3.29. The minimum absolute atomic E-state index is 0.0618. The number of nitrogens with one attached hydrogen (secondary N) is 1. The van der Waals surface area contributed by atoms with E-state index in [2.05, 4.69) is 12.2 Å². The maximum absolute atomic E-state index is 13.3. The standard InChI is InChI=1S/C25H33ClN2O3/c1-4-6-17-27-25(30)23(5-2)28(18-19-11-14-21(31-3)15-12-19)24(29)16-13-20-9-7-8-10-22(20)26/h7-12,14-15,23H,4-6,13,16-18H2,1-3H3,(H,27,30)/t23-/m0/s1. The molecule has 0 heterocycles. The van der Waals surface area contributed by atoms with Crippen LogP contribution in [0.15, 0.2) is 48.5 Å². The predicted molar refractivity (Wildman–Crippen MR) is 125 cm³/mol. The van der Waals surface area contributed by atoms with Gasteiger partial charge in [0.2, 0.25) is 11.8 Å². The van der Waals surface area contributed by atoms with Gasteiger partial charge in [0, 0.05) is 24.5 Å². The molecule has 0 unspecified atom stereocenters. The van der Waals surface area contributed by atoms with Gasteiger partial charge in [-0.25, -0.2) is 0 Å². The van der Waals surface area contributed by atoms with Gasteiger partial charge in [0.1, 0.15) is 11.8 Å². The Hall–Kier alpha value is -2.53. The summed E-state index contributed by atoms with van der Waals surface area (Å²) in [7, 11) is 1.62. The van der Waals surface area contributed by atoms with Gasteiger partial charge in [0.15, 0.2) is 0 Å². The van der Waals surface area contributed by atoms with Crippen LogP contribution in [0, 0.1) is 0 Å². The van der Waals surface area contributed by atoms with Gasteiger partial charge in [-0.3, -0.25) is 9.59 Å². The molecule has 2 rings (SSSR count). The smallest absolute Gasteiger partial charge is 0.242 e. The molecule has 0 radical (unpaired) electrons. The molecular formula is C25H33ClN2O3. The lowest BCUT2D eigenvalue weighted by Gasteiger charge is -2.31. The summed E-state index contributed by atoms with van der Waals surface area (Å²) in [4.78, 5) is 27.8. The Bertz CT molecular complexity index is 839. The van der Waals surface area contributed by atoms with Crippen molar-refractivity contribution >= 4 is 23.4 Å². The van der Waals surface area contributed by atoms with E-state index >= 15 is 0 Å². The molecule has 0 bridgehead atoms. The summed E-state index contributed by atoms with van der Waals surface area (Å²) in [6.45, 7) is 5.01. The molecule has 2 aromatic rings. The molecule has 31 heavy (non-hydrogen) atoms. The van der Waals surface area contributed by atoms with Crippen LogP contribution in [0.25, 0.3) is 0 Å². The number of halogens is 1. The third-order valence-electron chi connectivity index (χ3n) is 5.29. The van der Waals surface area contributed by atoms with E-state index in [0.29, 0.717) is 37.4 Å². The SMILES string of the molecule is CCCCNC(=O)[C@H](CC)N(Cc1ccc(OC)cc1)C(=O)CCc1ccccc1Cl. The summed E-state index contributed by atoms with van der Waals surface area (Å²) < 4.78 is 5.22. The van der Waals surface area contributed by atoms with E-state index in [1.165, 1.54) is 0 Å². The molecule has 1 N–H and O–H groups in total. The number of nitrogens with zero attached hydrogens (tertiary/aromatic N) is 1. The fourth-order valence-corrected chi connectivity index (χ4v) is 3.67. The van der Waals surface area contributed by atoms with Gasteiger partial charge in [-0.2, -0.15) is 0 Å². The molecule has 5 nitrogen and oxygen atoms in total. The van der Waals surface area contributed by atoms with Crippen molar-refractivity contribution in [1.29, 1.82) is 0 Å². The van der Waals surface area contributed by atoms with Gasteiger partial charge >= 0.3 is 0 Å².